The van der Waals surface area contributed by atoms with Crippen molar-refractivity contribution in [3.05, 3.63) is 59.9 Å². The molecule has 1 N–H and O–H groups in total. The molecule has 1 atom stereocenters. The summed E-state index contributed by atoms with van der Waals surface area (Å²) in [4.78, 5) is 13.3. The molecule has 0 saturated heterocycles. The molecule has 1 unspecified atom stereocenters. The second kappa shape index (κ2) is 6.83. The number of fused-ring (bicyclic) bond motifs is 1. The highest BCUT2D eigenvalue weighted by Gasteiger charge is 2.21. The number of rotatable bonds is 4. The van der Waals surface area contributed by atoms with E-state index in [0.29, 0.717) is 5.75 Å². The van der Waals surface area contributed by atoms with Crippen LogP contribution in [0.15, 0.2) is 53.4 Å². The maximum Gasteiger partial charge on any atom is 0.258 e. The molecular formula is C17H16FNO2S. The third-order valence-corrected chi connectivity index (χ3v) is 4.60. The Morgan fingerprint density at radius 3 is 2.82 bits per heavy atom. The molecule has 1 heterocycles. The lowest BCUT2D eigenvalue weighted by Crippen LogP contribution is -2.34. The molecule has 0 radical (unpaired) electrons. The number of thioether (sulfide) groups is 1. The van der Waals surface area contributed by atoms with Crippen molar-refractivity contribution < 1.29 is 13.9 Å². The van der Waals surface area contributed by atoms with E-state index < -0.39 is 0 Å². The normalized spacial score (nSPS) is 16.7. The van der Waals surface area contributed by atoms with Gasteiger partial charge in [0.25, 0.3) is 5.91 Å². The molecular weight excluding hydrogens is 301 g/mol. The van der Waals surface area contributed by atoms with Gasteiger partial charge < -0.3 is 10.1 Å². The van der Waals surface area contributed by atoms with Crippen molar-refractivity contribution in [2.24, 2.45) is 0 Å². The van der Waals surface area contributed by atoms with Gasteiger partial charge in [0.15, 0.2) is 6.61 Å². The molecule has 0 spiro atoms. The van der Waals surface area contributed by atoms with Crippen LogP contribution in [0.5, 0.6) is 5.75 Å². The fourth-order valence-corrected chi connectivity index (χ4v) is 3.53. The molecule has 1 amide bonds. The van der Waals surface area contributed by atoms with E-state index in [0.717, 1.165) is 17.7 Å². The lowest BCUT2D eigenvalue weighted by atomic mass is 10.0. The average molecular weight is 317 g/mol. The molecule has 2 aromatic rings. The minimum Gasteiger partial charge on any atom is -0.484 e. The Labute approximate surface area is 132 Å². The highest BCUT2D eigenvalue weighted by atomic mass is 32.2. The summed E-state index contributed by atoms with van der Waals surface area (Å²) in [7, 11) is 0. The molecule has 0 aliphatic carbocycles. The summed E-state index contributed by atoms with van der Waals surface area (Å²) >= 11 is 1.81. The van der Waals surface area contributed by atoms with Crippen LogP contribution in [0.3, 0.4) is 0 Å². The summed E-state index contributed by atoms with van der Waals surface area (Å²) in [5.41, 5.74) is 1.16. The number of hydrogen-bond donors (Lipinski definition) is 1. The Morgan fingerprint density at radius 1 is 1.23 bits per heavy atom. The molecule has 114 valence electrons. The molecule has 0 fully saturated rings. The van der Waals surface area contributed by atoms with E-state index in [2.05, 4.69) is 11.4 Å². The Morgan fingerprint density at radius 2 is 2.00 bits per heavy atom. The summed E-state index contributed by atoms with van der Waals surface area (Å²) < 4.78 is 18.2. The van der Waals surface area contributed by atoms with Crippen molar-refractivity contribution >= 4 is 17.7 Å². The van der Waals surface area contributed by atoms with E-state index in [1.807, 2.05) is 30.0 Å². The van der Waals surface area contributed by atoms with Crippen molar-refractivity contribution in [1.82, 2.24) is 5.32 Å². The molecule has 3 rings (SSSR count). The van der Waals surface area contributed by atoms with E-state index in [9.17, 15) is 9.18 Å². The summed E-state index contributed by atoms with van der Waals surface area (Å²) in [5, 5.41) is 3.01. The van der Waals surface area contributed by atoms with Gasteiger partial charge in [-0.2, -0.15) is 0 Å². The number of benzene rings is 2. The number of carbonyl (C=O) groups is 1. The Kier molecular flexibility index (Phi) is 4.63. The monoisotopic (exact) mass is 317 g/mol. The Hall–Kier alpha value is -2.01. The molecule has 5 heteroatoms. The van der Waals surface area contributed by atoms with Crippen molar-refractivity contribution in [2.75, 3.05) is 12.4 Å². The van der Waals surface area contributed by atoms with Crippen LogP contribution in [-0.4, -0.2) is 18.3 Å². The molecule has 22 heavy (non-hydrogen) atoms. The summed E-state index contributed by atoms with van der Waals surface area (Å²) in [6.07, 6.45) is 0.907. The van der Waals surface area contributed by atoms with Crippen LogP contribution in [0, 0.1) is 5.82 Å². The lowest BCUT2D eigenvalue weighted by molar-refractivity contribution is -0.123. The van der Waals surface area contributed by atoms with E-state index in [4.69, 9.17) is 4.74 Å². The van der Waals surface area contributed by atoms with Gasteiger partial charge in [0.1, 0.15) is 11.6 Å². The highest BCUT2D eigenvalue weighted by molar-refractivity contribution is 7.99. The Bertz CT molecular complexity index is 660. The van der Waals surface area contributed by atoms with E-state index in [-0.39, 0.29) is 24.4 Å². The summed E-state index contributed by atoms with van der Waals surface area (Å²) in [6.45, 7) is -0.0720. The maximum atomic E-state index is 12.8. The first-order valence-corrected chi connectivity index (χ1v) is 8.10. The average Bonchev–Trinajstić information content (AvgIpc) is 2.55. The molecule has 0 saturated carbocycles. The largest absolute Gasteiger partial charge is 0.484 e. The van der Waals surface area contributed by atoms with Gasteiger partial charge in [-0.1, -0.05) is 18.2 Å². The van der Waals surface area contributed by atoms with Gasteiger partial charge in [-0.15, -0.1) is 11.8 Å². The molecule has 1 aliphatic heterocycles. The smallest absolute Gasteiger partial charge is 0.258 e. The number of carbonyl (C=O) groups excluding carboxylic acids is 1. The van der Waals surface area contributed by atoms with Crippen molar-refractivity contribution in [3.63, 3.8) is 0 Å². The van der Waals surface area contributed by atoms with Gasteiger partial charge >= 0.3 is 0 Å². The topological polar surface area (TPSA) is 38.3 Å². The van der Waals surface area contributed by atoms with Crippen LogP contribution >= 0.6 is 11.8 Å². The molecule has 3 nitrogen and oxygen atoms in total. The number of ether oxygens (including phenoxy) is 1. The highest BCUT2D eigenvalue weighted by Crippen LogP contribution is 2.35. The van der Waals surface area contributed by atoms with Crippen LogP contribution in [0.1, 0.15) is 18.0 Å². The Balaban J connectivity index is 1.57. The van der Waals surface area contributed by atoms with Gasteiger partial charge in [0.05, 0.1) is 6.04 Å². The first kappa shape index (κ1) is 14.9. The fourth-order valence-electron chi connectivity index (χ4n) is 2.41. The number of nitrogens with one attached hydrogen (secondary N) is 1. The van der Waals surface area contributed by atoms with E-state index >= 15 is 0 Å². The SMILES string of the molecule is O=C(COc1ccc(F)cc1)NC1CCSc2ccccc21. The van der Waals surface area contributed by atoms with Crippen LogP contribution in [0.4, 0.5) is 4.39 Å². The van der Waals surface area contributed by atoms with Gasteiger partial charge in [-0.25, -0.2) is 4.39 Å². The minimum absolute atomic E-state index is 0.0294. The van der Waals surface area contributed by atoms with Gasteiger partial charge in [0.2, 0.25) is 0 Å². The number of halogens is 1. The zero-order chi connectivity index (χ0) is 15.4. The van der Waals surface area contributed by atoms with Gasteiger partial charge in [-0.3, -0.25) is 4.79 Å². The first-order chi connectivity index (χ1) is 10.7. The minimum atomic E-state index is -0.326. The van der Waals surface area contributed by atoms with Gasteiger partial charge in [0, 0.05) is 10.6 Å². The lowest BCUT2D eigenvalue weighted by Gasteiger charge is -2.25. The summed E-state index contributed by atoms with van der Waals surface area (Å²) in [5.74, 6) is 0.973. The first-order valence-electron chi connectivity index (χ1n) is 7.12. The second-order valence-electron chi connectivity index (χ2n) is 5.04. The van der Waals surface area contributed by atoms with E-state index in [1.165, 1.54) is 29.2 Å². The third kappa shape index (κ3) is 3.60. The standard InChI is InChI=1S/C17H16FNO2S/c18-12-5-7-13(8-6-12)21-11-17(20)19-15-9-10-22-16-4-2-1-3-14(15)16/h1-8,15H,9-11H2,(H,19,20). The predicted molar refractivity (Wildman–Crippen MR) is 84.6 cm³/mol. The summed E-state index contributed by atoms with van der Waals surface area (Å²) in [6, 6.07) is 13.8. The second-order valence-corrected chi connectivity index (χ2v) is 6.17. The fraction of sp³-hybridized carbons (Fsp3) is 0.235. The van der Waals surface area contributed by atoms with Crippen molar-refractivity contribution in [2.45, 2.75) is 17.4 Å². The zero-order valence-corrected chi connectivity index (χ0v) is 12.7. The van der Waals surface area contributed by atoms with Crippen LogP contribution < -0.4 is 10.1 Å². The third-order valence-electron chi connectivity index (χ3n) is 3.48. The van der Waals surface area contributed by atoms with Crippen LogP contribution in [0.25, 0.3) is 0 Å². The zero-order valence-electron chi connectivity index (χ0n) is 11.9. The molecule has 0 bridgehead atoms. The van der Waals surface area contributed by atoms with Gasteiger partial charge in [-0.05, 0) is 42.3 Å². The maximum absolute atomic E-state index is 12.8. The number of amides is 1. The molecule has 0 aromatic heterocycles. The molecule has 2 aromatic carbocycles. The van der Waals surface area contributed by atoms with Crippen LogP contribution in [0.2, 0.25) is 0 Å². The van der Waals surface area contributed by atoms with Crippen molar-refractivity contribution in [3.8, 4) is 5.75 Å². The quantitative estimate of drug-likeness (QED) is 0.937. The molecule has 1 aliphatic rings. The van der Waals surface area contributed by atoms with Crippen LogP contribution in [-0.2, 0) is 4.79 Å². The predicted octanol–water partition coefficient (Wildman–Crippen LogP) is 3.56. The number of hydrogen-bond acceptors (Lipinski definition) is 3. The van der Waals surface area contributed by atoms with Crippen molar-refractivity contribution in [1.29, 1.82) is 0 Å². The van der Waals surface area contributed by atoms with E-state index in [1.54, 1.807) is 0 Å².